The highest BCUT2D eigenvalue weighted by Crippen LogP contribution is 2.19. The van der Waals surface area contributed by atoms with Gasteiger partial charge in [-0.3, -0.25) is 4.79 Å². The van der Waals surface area contributed by atoms with Crippen molar-refractivity contribution in [2.45, 2.75) is 13.8 Å². The van der Waals surface area contributed by atoms with Crippen LogP contribution in [0.4, 0.5) is 5.69 Å². The summed E-state index contributed by atoms with van der Waals surface area (Å²) in [6.45, 7) is 3.93. The largest absolute Gasteiger partial charge is 0.322 e. The van der Waals surface area contributed by atoms with Crippen molar-refractivity contribution in [3.05, 3.63) is 70.3 Å². The van der Waals surface area contributed by atoms with Crippen LogP contribution in [0.2, 0.25) is 5.02 Å². The Balaban J connectivity index is 2.05. The molecule has 3 heteroatoms. The summed E-state index contributed by atoms with van der Waals surface area (Å²) in [6, 6.07) is 13.4. The normalized spacial score (nSPS) is 10.8. The second-order valence-electron chi connectivity index (χ2n) is 4.70. The van der Waals surface area contributed by atoms with Gasteiger partial charge in [0.1, 0.15) is 0 Å². The first kappa shape index (κ1) is 14.4. The van der Waals surface area contributed by atoms with Crippen LogP contribution in [0.5, 0.6) is 0 Å². The molecule has 2 rings (SSSR count). The predicted molar refractivity (Wildman–Crippen MR) is 85.0 cm³/mol. The molecule has 1 N–H and O–H groups in total. The molecule has 0 saturated carbocycles. The molecule has 0 saturated heterocycles. The van der Waals surface area contributed by atoms with Crippen LogP contribution in [0.15, 0.2) is 48.5 Å². The van der Waals surface area contributed by atoms with Crippen molar-refractivity contribution in [3.8, 4) is 0 Å². The number of hydrogen-bond acceptors (Lipinski definition) is 1. The Bertz CT molecular complexity index is 662. The summed E-state index contributed by atoms with van der Waals surface area (Å²) in [5.74, 6) is -0.156. The number of aryl methyl sites for hydroxylation is 2. The van der Waals surface area contributed by atoms with Gasteiger partial charge in [-0.25, -0.2) is 0 Å². The minimum absolute atomic E-state index is 0.156. The number of hydrogen-bond donors (Lipinski definition) is 1. The summed E-state index contributed by atoms with van der Waals surface area (Å²) >= 11 is 5.88. The topological polar surface area (TPSA) is 29.1 Å². The second-order valence-corrected chi connectivity index (χ2v) is 5.13. The average molecular weight is 286 g/mol. The Hall–Kier alpha value is -2.06. The molecule has 0 bridgehead atoms. The zero-order valence-electron chi connectivity index (χ0n) is 11.5. The molecule has 2 aromatic carbocycles. The van der Waals surface area contributed by atoms with E-state index in [4.69, 9.17) is 11.6 Å². The third-order valence-corrected chi connectivity index (χ3v) is 3.15. The molecule has 0 radical (unpaired) electrons. The van der Waals surface area contributed by atoms with E-state index in [0.29, 0.717) is 5.02 Å². The Kier molecular flexibility index (Phi) is 4.59. The lowest BCUT2D eigenvalue weighted by Gasteiger charge is -2.06. The highest BCUT2D eigenvalue weighted by molar-refractivity contribution is 6.30. The van der Waals surface area contributed by atoms with E-state index in [0.717, 1.165) is 16.8 Å². The van der Waals surface area contributed by atoms with Gasteiger partial charge in [0.05, 0.1) is 0 Å². The van der Waals surface area contributed by atoms with Crippen LogP contribution in [0.3, 0.4) is 0 Å². The van der Waals surface area contributed by atoms with Crippen LogP contribution >= 0.6 is 11.6 Å². The van der Waals surface area contributed by atoms with E-state index >= 15 is 0 Å². The molecule has 0 aliphatic rings. The Morgan fingerprint density at radius 2 is 1.95 bits per heavy atom. The number of benzene rings is 2. The van der Waals surface area contributed by atoms with Crippen LogP contribution in [0.25, 0.3) is 6.08 Å². The molecule has 0 aliphatic carbocycles. The first-order valence-electron chi connectivity index (χ1n) is 6.36. The second kappa shape index (κ2) is 6.40. The quantitative estimate of drug-likeness (QED) is 0.820. The maximum absolute atomic E-state index is 11.9. The number of nitrogens with one attached hydrogen (secondary N) is 1. The maximum atomic E-state index is 11.9. The summed E-state index contributed by atoms with van der Waals surface area (Å²) < 4.78 is 0. The summed E-state index contributed by atoms with van der Waals surface area (Å²) in [6.07, 6.45) is 3.33. The SMILES string of the molecule is Cc1cccc(/C=C/C(=O)Nc2ccc(Cl)cc2C)c1. The van der Waals surface area contributed by atoms with Gasteiger partial charge in [0.25, 0.3) is 0 Å². The van der Waals surface area contributed by atoms with Crippen molar-refractivity contribution >= 4 is 29.3 Å². The Morgan fingerprint density at radius 1 is 1.15 bits per heavy atom. The van der Waals surface area contributed by atoms with Crippen molar-refractivity contribution in [2.75, 3.05) is 5.32 Å². The third kappa shape index (κ3) is 3.97. The predicted octanol–water partition coefficient (Wildman–Crippen LogP) is 4.61. The molecular formula is C17H16ClNO. The number of amides is 1. The standard InChI is InChI=1S/C17H16ClNO/c1-12-4-3-5-14(10-12)6-9-17(20)19-16-8-7-15(18)11-13(16)2/h3-11H,1-2H3,(H,19,20)/b9-6+. The smallest absolute Gasteiger partial charge is 0.248 e. The third-order valence-electron chi connectivity index (χ3n) is 2.92. The molecule has 2 aromatic rings. The molecular weight excluding hydrogens is 270 g/mol. The van der Waals surface area contributed by atoms with Gasteiger partial charge in [-0.15, -0.1) is 0 Å². The van der Waals surface area contributed by atoms with E-state index in [1.165, 1.54) is 11.6 Å². The molecule has 0 heterocycles. The van der Waals surface area contributed by atoms with E-state index in [-0.39, 0.29) is 5.91 Å². The van der Waals surface area contributed by atoms with Gasteiger partial charge in [0.2, 0.25) is 5.91 Å². The lowest BCUT2D eigenvalue weighted by molar-refractivity contribution is -0.111. The number of halogens is 1. The number of carbonyl (C=O) groups is 1. The molecule has 20 heavy (non-hydrogen) atoms. The average Bonchev–Trinajstić information content (AvgIpc) is 2.40. The van der Waals surface area contributed by atoms with Gasteiger partial charge in [0, 0.05) is 16.8 Å². The van der Waals surface area contributed by atoms with Crippen LogP contribution in [-0.2, 0) is 4.79 Å². The number of rotatable bonds is 3. The monoisotopic (exact) mass is 285 g/mol. The molecule has 0 atom stereocenters. The van der Waals surface area contributed by atoms with Gasteiger partial charge in [-0.05, 0) is 49.2 Å². The number of carbonyl (C=O) groups excluding carboxylic acids is 1. The van der Waals surface area contributed by atoms with E-state index in [9.17, 15) is 4.79 Å². The lowest BCUT2D eigenvalue weighted by atomic mass is 10.1. The van der Waals surface area contributed by atoms with Gasteiger partial charge < -0.3 is 5.32 Å². The van der Waals surface area contributed by atoms with Gasteiger partial charge in [-0.1, -0.05) is 41.4 Å². The fourth-order valence-electron chi connectivity index (χ4n) is 1.89. The Morgan fingerprint density at radius 3 is 2.65 bits per heavy atom. The van der Waals surface area contributed by atoms with E-state index in [1.807, 2.05) is 44.2 Å². The zero-order chi connectivity index (χ0) is 14.5. The fourth-order valence-corrected chi connectivity index (χ4v) is 2.11. The Labute approximate surface area is 124 Å². The maximum Gasteiger partial charge on any atom is 0.248 e. The first-order valence-corrected chi connectivity index (χ1v) is 6.74. The summed E-state index contributed by atoms with van der Waals surface area (Å²) in [7, 11) is 0. The molecule has 102 valence electrons. The molecule has 0 aliphatic heterocycles. The summed E-state index contributed by atoms with van der Waals surface area (Å²) in [5, 5.41) is 3.50. The van der Waals surface area contributed by atoms with Gasteiger partial charge >= 0.3 is 0 Å². The van der Waals surface area contributed by atoms with E-state index in [2.05, 4.69) is 5.32 Å². The van der Waals surface area contributed by atoms with Gasteiger partial charge in [0.15, 0.2) is 0 Å². The molecule has 0 unspecified atom stereocenters. The van der Waals surface area contributed by atoms with Gasteiger partial charge in [-0.2, -0.15) is 0 Å². The fraction of sp³-hybridized carbons (Fsp3) is 0.118. The highest BCUT2D eigenvalue weighted by Gasteiger charge is 2.02. The van der Waals surface area contributed by atoms with Crippen molar-refractivity contribution in [1.29, 1.82) is 0 Å². The van der Waals surface area contributed by atoms with Crippen molar-refractivity contribution in [2.24, 2.45) is 0 Å². The molecule has 0 spiro atoms. The minimum atomic E-state index is -0.156. The molecule has 2 nitrogen and oxygen atoms in total. The van der Waals surface area contributed by atoms with Crippen molar-refractivity contribution < 1.29 is 4.79 Å². The molecule has 0 aromatic heterocycles. The van der Waals surface area contributed by atoms with E-state index in [1.54, 1.807) is 18.2 Å². The van der Waals surface area contributed by atoms with Crippen LogP contribution in [0.1, 0.15) is 16.7 Å². The summed E-state index contributed by atoms with van der Waals surface area (Å²) in [5.41, 5.74) is 3.89. The highest BCUT2D eigenvalue weighted by atomic mass is 35.5. The van der Waals surface area contributed by atoms with E-state index < -0.39 is 0 Å². The zero-order valence-corrected chi connectivity index (χ0v) is 12.2. The van der Waals surface area contributed by atoms with Crippen LogP contribution in [-0.4, -0.2) is 5.91 Å². The molecule has 1 amide bonds. The van der Waals surface area contributed by atoms with Crippen LogP contribution in [0, 0.1) is 13.8 Å². The molecule has 0 fully saturated rings. The van der Waals surface area contributed by atoms with Crippen molar-refractivity contribution in [1.82, 2.24) is 0 Å². The van der Waals surface area contributed by atoms with Crippen molar-refractivity contribution in [3.63, 3.8) is 0 Å². The first-order chi connectivity index (χ1) is 9.54. The summed E-state index contributed by atoms with van der Waals surface area (Å²) in [4.78, 5) is 11.9. The minimum Gasteiger partial charge on any atom is -0.322 e. The lowest BCUT2D eigenvalue weighted by Crippen LogP contribution is -2.08. The van der Waals surface area contributed by atoms with Crippen LogP contribution < -0.4 is 5.32 Å². The number of anilines is 1.